The summed E-state index contributed by atoms with van der Waals surface area (Å²) in [4.78, 5) is 36.5. The molecular formula is C20H16N2O4. The predicted octanol–water partition coefficient (Wildman–Crippen LogP) is 2.21. The van der Waals surface area contributed by atoms with Crippen LogP contribution in [-0.2, 0) is 16.0 Å². The van der Waals surface area contributed by atoms with Crippen LogP contribution >= 0.6 is 0 Å². The number of ketones is 1. The van der Waals surface area contributed by atoms with Gasteiger partial charge in [-0.3, -0.25) is 9.59 Å². The highest BCUT2D eigenvalue weighted by molar-refractivity contribution is 6.12. The molecule has 6 heteroatoms. The van der Waals surface area contributed by atoms with Gasteiger partial charge in [0, 0.05) is 19.0 Å². The highest BCUT2D eigenvalue weighted by Gasteiger charge is 2.31. The molecule has 6 nitrogen and oxygen atoms in total. The first-order valence-electron chi connectivity index (χ1n) is 8.09. The van der Waals surface area contributed by atoms with Gasteiger partial charge in [0.25, 0.3) is 0 Å². The van der Waals surface area contributed by atoms with Crippen molar-refractivity contribution >= 4 is 17.7 Å². The Morgan fingerprint density at radius 2 is 1.96 bits per heavy atom. The third-order valence-electron chi connectivity index (χ3n) is 4.34. The second-order valence-corrected chi connectivity index (χ2v) is 5.92. The number of fused-ring (bicyclic) bond motifs is 1. The first-order valence-corrected chi connectivity index (χ1v) is 8.09. The van der Waals surface area contributed by atoms with Crippen LogP contribution in [0.1, 0.15) is 37.9 Å². The summed E-state index contributed by atoms with van der Waals surface area (Å²) in [6, 6.07) is 15.6. The number of benzene rings is 2. The van der Waals surface area contributed by atoms with Gasteiger partial charge in [-0.15, -0.1) is 0 Å². The zero-order valence-electron chi connectivity index (χ0n) is 14.1. The van der Waals surface area contributed by atoms with Crippen LogP contribution in [-0.4, -0.2) is 24.7 Å². The van der Waals surface area contributed by atoms with Crippen molar-refractivity contribution in [1.29, 1.82) is 5.26 Å². The lowest BCUT2D eigenvalue weighted by molar-refractivity contribution is -0.121. The molecule has 0 bridgehead atoms. The van der Waals surface area contributed by atoms with Crippen molar-refractivity contribution in [2.24, 2.45) is 5.92 Å². The molecule has 0 fully saturated rings. The van der Waals surface area contributed by atoms with Gasteiger partial charge in [-0.05, 0) is 23.3 Å². The minimum Gasteiger partial charge on any atom is -0.454 e. The van der Waals surface area contributed by atoms with E-state index in [0.717, 1.165) is 5.56 Å². The summed E-state index contributed by atoms with van der Waals surface area (Å²) in [6.07, 6.45) is -0.0177. The van der Waals surface area contributed by atoms with Gasteiger partial charge in [0.2, 0.25) is 5.91 Å². The standard InChI is InChI=1S/C20H16N2O4/c1-22-19(24)16(11-21)18(23)13-7-8-15-14(9-13)10-17(26-20(15)25)12-5-3-2-4-6-12/h2-9,16-17H,10H2,1H3,(H,22,24)/t16-,17-/m1/s1. The van der Waals surface area contributed by atoms with Gasteiger partial charge < -0.3 is 10.1 Å². The summed E-state index contributed by atoms with van der Waals surface area (Å²) in [5, 5.41) is 11.4. The molecule has 1 heterocycles. The number of nitrogens with one attached hydrogen (secondary N) is 1. The van der Waals surface area contributed by atoms with E-state index in [1.54, 1.807) is 12.1 Å². The Labute approximate surface area is 150 Å². The number of nitrogens with zero attached hydrogens (tertiary/aromatic N) is 1. The van der Waals surface area contributed by atoms with Gasteiger partial charge in [-0.25, -0.2) is 4.79 Å². The van der Waals surface area contributed by atoms with Crippen LogP contribution in [0, 0.1) is 17.2 Å². The molecule has 0 aliphatic carbocycles. The van der Waals surface area contributed by atoms with E-state index in [2.05, 4.69) is 5.32 Å². The van der Waals surface area contributed by atoms with Crippen LogP contribution in [0.25, 0.3) is 0 Å². The number of carbonyl (C=O) groups is 3. The monoisotopic (exact) mass is 348 g/mol. The molecule has 1 N–H and O–H groups in total. The largest absolute Gasteiger partial charge is 0.454 e. The molecule has 0 saturated carbocycles. The molecular weight excluding hydrogens is 332 g/mol. The van der Waals surface area contributed by atoms with Gasteiger partial charge in [0.15, 0.2) is 11.7 Å². The summed E-state index contributed by atoms with van der Waals surface area (Å²) >= 11 is 0. The molecule has 3 rings (SSSR count). The number of hydrogen-bond donors (Lipinski definition) is 1. The topological polar surface area (TPSA) is 96.3 Å². The van der Waals surface area contributed by atoms with Crippen molar-refractivity contribution < 1.29 is 19.1 Å². The highest BCUT2D eigenvalue weighted by Crippen LogP contribution is 2.31. The van der Waals surface area contributed by atoms with Crippen molar-refractivity contribution in [3.8, 4) is 6.07 Å². The molecule has 1 aliphatic rings. The van der Waals surface area contributed by atoms with E-state index in [1.165, 1.54) is 19.2 Å². The Morgan fingerprint density at radius 1 is 1.23 bits per heavy atom. The van der Waals surface area contributed by atoms with Gasteiger partial charge >= 0.3 is 5.97 Å². The number of hydrogen-bond acceptors (Lipinski definition) is 5. The number of amides is 1. The van der Waals surface area contributed by atoms with Crippen molar-refractivity contribution in [2.45, 2.75) is 12.5 Å². The molecule has 2 aromatic rings. The first kappa shape index (κ1) is 17.4. The van der Waals surface area contributed by atoms with Crippen LogP contribution in [0.5, 0.6) is 0 Å². The van der Waals surface area contributed by atoms with E-state index in [9.17, 15) is 14.4 Å². The maximum absolute atomic E-state index is 12.5. The minimum absolute atomic E-state index is 0.223. The Hall–Kier alpha value is -3.46. The number of nitriles is 1. The fourth-order valence-electron chi connectivity index (χ4n) is 2.95. The molecule has 0 aromatic heterocycles. The van der Waals surface area contributed by atoms with Crippen molar-refractivity contribution in [3.63, 3.8) is 0 Å². The summed E-state index contributed by atoms with van der Waals surface area (Å²) in [5.41, 5.74) is 2.14. The minimum atomic E-state index is -1.42. The van der Waals surface area contributed by atoms with Crippen molar-refractivity contribution in [2.75, 3.05) is 7.05 Å². The Balaban J connectivity index is 1.93. The average molecular weight is 348 g/mol. The summed E-state index contributed by atoms with van der Waals surface area (Å²) in [6.45, 7) is 0. The molecule has 2 atom stereocenters. The lowest BCUT2D eigenvalue weighted by atomic mass is 9.90. The smallest absolute Gasteiger partial charge is 0.339 e. The number of cyclic esters (lactones) is 1. The van der Waals surface area contributed by atoms with E-state index in [-0.39, 0.29) is 5.56 Å². The van der Waals surface area contributed by atoms with Crippen LogP contribution in [0.4, 0.5) is 0 Å². The van der Waals surface area contributed by atoms with E-state index in [0.29, 0.717) is 17.5 Å². The van der Waals surface area contributed by atoms with Gasteiger partial charge in [-0.1, -0.05) is 36.4 Å². The van der Waals surface area contributed by atoms with Crippen LogP contribution in [0.3, 0.4) is 0 Å². The van der Waals surface area contributed by atoms with Crippen LogP contribution < -0.4 is 5.32 Å². The second kappa shape index (κ2) is 7.19. The van der Waals surface area contributed by atoms with Crippen molar-refractivity contribution in [1.82, 2.24) is 5.32 Å². The summed E-state index contributed by atoms with van der Waals surface area (Å²) in [5.74, 6) is -3.12. The van der Waals surface area contributed by atoms with E-state index in [4.69, 9.17) is 10.00 Å². The number of Topliss-reactive ketones (excluding diaryl/α,β-unsaturated/α-hetero) is 1. The van der Waals surface area contributed by atoms with Gasteiger partial charge in [0.1, 0.15) is 6.10 Å². The lowest BCUT2D eigenvalue weighted by Gasteiger charge is -2.25. The Bertz CT molecular complexity index is 915. The van der Waals surface area contributed by atoms with Gasteiger partial charge in [-0.2, -0.15) is 5.26 Å². The average Bonchev–Trinajstić information content (AvgIpc) is 2.68. The molecule has 0 saturated heterocycles. The zero-order valence-corrected chi connectivity index (χ0v) is 14.1. The molecule has 1 amide bonds. The van der Waals surface area contributed by atoms with E-state index >= 15 is 0 Å². The maximum Gasteiger partial charge on any atom is 0.339 e. The fraction of sp³-hybridized carbons (Fsp3) is 0.200. The Morgan fingerprint density at radius 3 is 2.62 bits per heavy atom. The van der Waals surface area contributed by atoms with Gasteiger partial charge in [0.05, 0.1) is 11.6 Å². The third-order valence-corrected chi connectivity index (χ3v) is 4.34. The normalized spacial score (nSPS) is 16.6. The molecule has 26 heavy (non-hydrogen) atoms. The van der Waals surface area contributed by atoms with Crippen LogP contribution in [0.15, 0.2) is 48.5 Å². The maximum atomic E-state index is 12.5. The summed E-state index contributed by atoms with van der Waals surface area (Å²) in [7, 11) is 1.37. The lowest BCUT2D eigenvalue weighted by Crippen LogP contribution is -2.32. The molecule has 130 valence electrons. The number of carbonyl (C=O) groups excluding carboxylic acids is 3. The molecule has 1 aliphatic heterocycles. The Kier molecular flexibility index (Phi) is 4.81. The number of ether oxygens (including phenoxy) is 1. The molecule has 2 aromatic carbocycles. The second-order valence-electron chi connectivity index (χ2n) is 5.92. The molecule has 0 radical (unpaired) electrons. The molecule has 0 spiro atoms. The van der Waals surface area contributed by atoms with Crippen LogP contribution in [0.2, 0.25) is 0 Å². The zero-order chi connectivity index (χ0) is 18.7. The third kappa shape index (κ3) is 3.20. The SMILES string of the molecule is CNC(=O)[C@H](C#N)C(=O)c1ccc2c(c1)C[C@H](c1ccccc1)OC2=O. The summed E-state index contributed by atoms with van der Waals surface area (Å²) < 4.78 is 5.48. The molecule has 0 unspecified atom stereocenters. The fourth-order valence-corrected chi connectivity index (χ4v) is 2.95. The predicted molar refractivity (Wildman–Crippen MR) is 92.2 cm³/mol. The quantitative estimate of drug-likeness (QED) is 0.519. The van der Waals surface area contributed by atoms with E-state index < -0.39 is 29.7 Å². The first-order chi connectivity index (χ1) is 12.5. The van der Waals surface area contributed by atoms with Crippen molar-refractivity contribution in [3.05, 3.63) is 70.8 Å². The number of rotatable bonds is 4. The highest BCUT2D eigenvalue weighted by atomic mass is 16.5. The number of esters is 1. The van der Waals surface area contributed by atoms with E-state index in [1.807, 2.05) is 30.3 Å².